The number of carbonyl (C=O) groups excluding carboxylic acids is 2. The van der Waals surface area contributed by atoms with Gasteiger partial charge in [0.1, 0.15) is 5.75 Å². The van der Waals surface area contributed by atoms with Crippen LogP contribution in [0.4, 0.5) is 11.4 Å². The maximum Gasteiger partial charge on any atom is 0.344 e. The van der Waals surface area contributed by atoms with Crippen LogP contribution in [0, 0.1) is 10.1 Å². The number of nitro groups is 1. The molecule has 0 fully saturated rings. The first-order chi connectivity index (χ1) is 17.3. The Morgan fingerprint density at radius 1 is 0.750 bits per heavy atom. The van der Waals surface area contributed by atoms with Gasteiger partial charge >= 0.3 is 5.97 Å². The topological polar surface area (TPSA) is 133 Å². The van der Waals surface area contributed by atoms with Gasteiger partial charge in [0, 0.05) is 17.8 Å². The Morgan fingerprint density at radius 2 is 1.33 bits per heavy atom. The third-order valence-electron chi connectivity index (χ3n) is 5.12. The Kier molecular flexibility index (Phi) is 6.88. The van der Waals surface area contributed by atoms with Gasteiger partial charge in [0.25, 0.3) is 11.6 Å². The molecule has 0 aliphatic carbocycles. The Bertz CT molecular complexity index is 1550. The summed E-state index contributed by atoms with van der Waals surface area (Å²) in [7, 11) is -4.22. The highest BCUT2D eigenvalue weighted by Crippen LogP contribution is 2.28. The van der Waals surface area contributed by atoms with E-state index < -0.39 is 26.6 Å². The fraction of sp³-hybridized carbons (Fsp3) is 0. The highest BCUT2D eigenvalue weighted by atomic mass is 32.2. The van der Waals surface area contributed by atoms with Gasteiger partial charge in [0.15, 0.2) is 0 Å². The lowest BCUT2D eigenvalue weighted by Crippen LogP contribution is -2.18. The smallest absolute Gasteiger partial charge is 0.344 e. The molecule has 0 saturated heterocycles. The number of carbonyl (C=O) groups is 2. The van der Waals surface area contributed by atoms with Crippen molar-refractivity contribution in [1.82, 2.24) is 0 Å². The molecule has 0 aliphatic rings. The first-order valence-corrected chi connectivity index (χ1v) is 12.0. The van der Waals surface area contributed by atoms with Crippen molar-refractivity contribution < 1.29 is 27.7 Å². The Hall–Kier alpha value is -4.83. The van der Waals surface area contributed by atoms with Crippen molar-refractivity contribution in [2.24, 2.45) is 0 Å². The van der Waals surface area contributed by atoms with Crippen LogP contribution in [0.15, 0.2) is 113 Å². The number of hydrogen-bond acceptors (Lipinski definition) is 7. The first-order valence-electron chi connectivity index (χ1n) is 10.5. The fourth-order valence-electron chi connectivity index (χ4n) is 3.36. The van der Waals surface area contributed by atoms with Crippen LogP contribution >= 0.6 is 0 Å². The molecule has 10 heteroatoms. The molecule has 0 bridgehead atoms. The summed E-state index contributed by atoms with van der Waals surface area (Å²) in [6, 6.07) is 24.5. The number of nitrogens with zero attached hydrogens (tertiary/aromatic N) is 1. The lowest BCUT2D eigenvalue weighted by Gasteiger charge is -2.13. The van der Waals surface area contributed by atoms with Crippen molar-refractivity contribution in [2.75, 3.05) is 5.32 Å². The van der Waals surface area contributed by atoms with Gasteiger partial charge in [-0.1, -0.05) is 42.5 Å². The average molecular weight is 503 g/mol. The zero-order valence-electron chi connectivity index (χ0n) is 18.5. The number of esters is 1. The first kappa shape index (κ1) is 24.3. The zero-order chi connectivity index (χ0) is 25.7. The van der Waals surface area contributed by atoms with E-state index in [0.717, 1.165) is 24.3 Å². The zero-order valence-corrected chi connectivity index (χ0v) is 19.3. The molecule has 0 aromatic heterocycles. The van der Waals surface area contributed by atoms with Gasteiger partial charge in [-0.3, -0.25) is 14.9 Å². The van der Waals surface area contributed by atoms with E-state index in [9.17, 15) is 28.1 Å². The van der Waals surface area contributed by atoms with Crippen molar-refractivity contribution in [3.63, 3.8) is 0 Å². The molecule has 0 heterocycles. The highest BCUT2D eigenvalue weighted by molar-refractivity contribution is 7.91. The fourth-order valence-corrected chi connectivity index (χ4v) is 4.81. The normalized spacial score (nSPS) is 10.9. The van der Waals surface area contributed by atoms with Crippen molar-refractivity contribution in [1.29, 1.82) is 0 Å². The number of rotatable bonds is 7. The SMILES string of the molecule is O=C(Nc1ccccc1)c1ccccc1OC(=O)c1ccccc1S(=O)(=O)c1ccc([N+](=O)[O-])cc1. The molecule has 0 spiro atoms. The molecule has 0 saturated carbocycles. The van der Waals surface area contributed by atoms with E-state index in [4.69, 9.17) is 4.74 Å². The molecule has 4 aromatic rings. The highest BCUT2D eigenvalue weighted by Gasteiger charge is 2.26. The maximum absolute atomic E-state index is 13.2. The molecule has 1 amide bonds. The summed E-state index contributed by atoms with van der Waals surface area (Å²) in [4.78, 5) is 35.6. The van der Waals surface area contributed by atoms with Crippen LogP contribution in [-0.2, 0) is 9.84 Å². The predicted octanol–water partition coefficient (Wildman–Crippen LogP) is 4.90. The number of nitro benzene ring substituents is 1. The van der Waals surface area contributed by atoms with Gasteiger partial charge in [0.05, 0.1) is 25.8 Å². The summed E-state index contributed by atoms with van der Waals surface area (Å²) in [5.41, 5.74) is 0.0923. The molecule has 0 aliphatic heterocycles. The summed E-state index contributed by atoms with van der Waals surface area (Å²) in [5.74, 6) is -1.56. The Labute approximate surface area is 206 Å². The van der Waals surface area contributed by atoms with E-state index in [0.29, 0.717) is 5.69 Å². The Balaban J connectivity index is 1.63. The molecular formula is C26H18N2O7S. The van der Waals surface area contributed by atoms with Crippen molar-refractivity contribution in [3.05, 3.63) is 124 Å². The molecule has 0 atom stereocenters. The largest absolute Gasteiger partial charge is 0.422 e. The van der Waals surface area contributed by atoms with Gasteiger partial charge in [-0.05, 0) is 48.5 Å². The standard InChI is InChI=1S/C26H18N2O7S/c29-25(27-18-8-2-1-3-9-18)21-10-4-6-12-23(21)35-26(30)22-11-5-7-13-24(22)36(33,34)20-16-14-19(15-17-20)28(31)32/h1-17H,(H,27,29). The van der Waals surface area contributed by atoms with Crippen molar-refractivity contribution in [2.45, 2.75) is 9.79 Å². The third-order valence-corrected chi connectivity index (χ3v) is 6.95. The summed E-state index contributed by atoms with van der Waals surface area (Å²) in [6.45, 7) is 0. The predicted molar refractivity (Wildman–Crippen MR) is 131 cm³/mol. The van der Waals surface area contributed by atoms with Crippen LogP contribution in [0.5, 0.6) is 5.75 Å². The van der Waals surface area contributed by atoms with Crippen molar-refractivity contribution in [3.8, 4) is 5.75 Å². The monoisotopic (exact) mass is 502 g/mol. The van der Waals surface area contributed by atoms with Crippen LogP contribution in [-0.4, -0.2) is 25.2 Å². The summed E-state index contributed by atoms with van der Waals surface area (Å²) < 4.78 is 31.9. The summed E-state index contributed by atoms with van der Waals surface area (Å²) in [5, 5.41) is 13.6. The van der Waals surface area contributed by atoms with E-state index >= 15 is 0 Å². The average Bonchev–Trinajstić information content (AvgIpc) is 2.89. The van der Waals surface area contributed by atoms with Crippen LogP contribution in [0.25, 0.3) is 0 Å². The lowest BCUT2D eigenvalue weighted by atomic mass is 10.1. The molecule has 36 heavy (non-hydrogen) atoms. The number of ether oxygens (including phenoxy) is 1. The van der Waals surface area contributed by atoms with Crippen LogP contribution in [0.2, 0.25) is 0 Å². The molecule has 4 rings (SSSR count). The van der Waals surface area contributed by atoms with E-state index in [2.05, 4.69) is 5.32 Å². The minimum atomic E-state index is -4.22. The van der Waals surface area contributed by atoms with Gasteiger partial charge in [-0.2, -0.15) is 0 Å². The van der Waals surface area contributed by atoms with Gasteiger partial charge in [-0.25, -0.2) is 13.2 Å². The summed E-state index contributed by atoms with van der Waals surface area (Å²) in [6.07, 6.45) is 0. The molecular weight excluding hydrogens is 484 g/mol. The quantitative estimate of drug-likeness (QED) is 0.164. The molecule has 180 valence electrons. The number of non-ortho nitro benzene ring substituents is 1. The van der Waals surface area contributed by atoms with E-state index in [1.54, 1.807) is 42.5 Å². The minimum absolute atomic E-state index is 0.0570. The number of para-hydroxylation sites is 2. The number of sulfone groups is 1. The molecule has 4 aromatic carbocycles. The number of nitrogens with one attached hydrogen (secondary N) is 1. The van der Waals surface area contributed by atoms with E-state index in [1.807, 2.05) is 0 Å². The molecule has 1 N–H and O–H groups in total. The maximum atomic E-state index is 13.2. The number of amides is 1. The summed E-state index contributed by atoms with van der Waals surface area (Å²) >= 11 is 0. The second-order valence-electron chi connectivity index (χ2n) is 7.46. The van der Waals surface area contributed by atoms with E-state index in [1.165, 1.54) is 36.4 Å². The van der Waals surface area contributed by atoms with Gasteiger partial charge in [0.2, 0.25) is 9.84 Å². The van der Waals surface area contributed by atoms with Gasteiger partial charge < -0.3 is 10.1 Å². The third kappa shape index (κ3) is 5.13. The number of anilines is 1. The second-order valence-corrected chi connectivity index (χ2v) is 9.37. The lowest BCUT2D eigenvalue weighted by molar-refractivity contribution is -0.384. The molecule has 0 radical (unpaired) electrons. The minimum Gasteiger partial charge on any atom is -0.422 e. The van der Waals surface area contributed by atoms with Gasteiger partial charge in [-0.15, -0.1) is 0 Å². The number of benzene rings is 4. The van der Waals surface area contributed by atoms with Crippen molar-refractivity contribution >= 4 is 33.1 Å². The number of hydrogen-bond donors (Lipinski definition) is 1. The second kappa shape index (κ2) is 10.2. The van der Waals surface area contributed by atoms with Crippen LogP contribution < -0.4 is 10.1 Å². The molecule has 0 unspecified atom stereocenters. The molecule has 9 nitrogen and oxygen atoms in total. The van der Waals surface area contributed by atoms with Crippen LogP contribution in [0.3, 0.4) is 0 Å². The Morgan fingerprint density at radius 3 is 2.00 bits per heavy atom. The van der Waals surface area contributed by atoms with E-state index in [-0.39, 0.29) is 32.4 Å². The van der Waals surface area contributed by atoms with Crippen LogP contribution in [0.1, 0.15) is 20.7 Å².